The molecule has 0 atom stereocenters. The zero-order valence-electron chi connectivity index (χ0n) is 18.3. The Morgan fingerprint density at radius 2 is 1.81 bits per heavy atom. The van der Waals surface area contributed by atoms with Crippen LogP contribution in [-0.4, -0.2) is 28.2 Å². The van der Waals surface area contributed by atoms with E-state index in [1.54, 1.807) is 48.8 Å². The van der Waals surface area contributed by atoms with Gasteiger partial charge in [-0.25, -0.2) is 4.98 Å². The zero-order chi connectivity index (χ0) is 22.2. The smallest absolute Gasteiger partial charge is 0.273 e. The Labute approximate surface area is 188 Å². The quantitative estimate of drug-likeness (QED) is 0.360. The standard InChI is InChI=1S/C26H29N3O3/c30-24(22-10-6-15-27-17-22)20-11-13-21(14-12-20)26-29-23(18-32-26)25(31)28-16-5-4-9-19-7-2-1-3-8-19/h6,10-15,17-19H,1-5,7-9,16H2,(H,28,31). The number of carbonyl (C=O) groups is 2. The molecule has 0 bridgehead atoms. The maximum atomic E-state index is 12.5. The second kappa shape index (κ2) is 10.8. The van der Waals surface area contributed by atoms with Gasteiger partial charge in [0, 0.05) is 35.6 Å². The molecule has 0 spiro atoms. The molecule has 2 aromatic heterocycles. The van der Waals surface area contributed by atoms with Crippen molar-refractivity contribution >= 4 is 11.7 Å². The van der Waals surface area contributed by atoms with Gasteiger partial charge in [0.15, 0.2) is 11.5 Å². The van der Waals surface area contributed by atoms with Crippen LogP contribution in [0.5, 0.6) is 0 Å². The summed E-state index contributed by atoms with van der Waals surface area (Å²) in [6.07, 6.45) is 14.8. The largest absolute Gasteiger partial charge is 0.444 e. The van der Waals surface area contributed by atoms with Crippen LogP contribution >= 0.6 is 0 Å². The van der Waals surface area contributed by atoms with Gasteiger partial charge in [-0.15, -0.1) is 0 Å². The molecule has 1 amide bonds. The molecule has 1 aliphatic carbocycles. The minimum Gasteiger partial charge on any atom is -0.444 e. The second-order valence-corrected chi connectivity index (χ2v) is 8.44. The Morgan fingerprint density at radius 1 is 1.00 bits per heavy atom. The lowest BCUT2D eigenvalue weighted by Gasteiger charge is -2.21. The Bertz CT molecular complexity index is 1020. The van der Waals surface area contributed by atoms with Crippen LogP contribution in [0.15, 0.2) is 59.5 Å². The van der Waals surface area contributed by atoms with Gasteiger partial charge in [-0.05, 0) is 36.6 Å². The summed E-state index contributed by atoms with van der Waals surface area (Å²) < 4.78 is 5.50. The van der Waals surface area contributed by atoms with Crippen molar-refractivity contribution in [3.05, 3.63) is 71.9 Å². The Hall–Kier alpha value is -3.28. The molecule has 1 fully saturated rings. The van der Waals surface area contributed by atoms with Gasteiger partial charge >= 0.3 is 0 Å². The van der Waals surface area contributed by atoms with Crippen LogP contribution in [-0.2, 0) is 0 Å². The number of nitrogens with one attached hydrogen (secondary N) is 1. The van der Waals surface area contributed by atoms with E-state index < -0.39 is 0 Å². The summed E-state index contributed by atoms with van der Waals surface area (Å²) in [4.78, 5) is 33.2. The number of benzene rings is 1. The lowest BCUT2D eigenvalue weighted by molar-refractivity contribution is 0.0947. The summed E-state index contributed by atoms with van der Waals surface area (Å²) in [6.45, 7) is 0.652. The fraction of sp³-hybridized carbons (Fsp3) is 0.385. The summed E-state index contributed by atoms with van der Waals surface area (Å²) in [5.41, 5.74) is 2.07. The number of unbranched alkanes of at least 4 members (excludes halogenated alkanes) is 1. The predicted molar refractivity (Wildman–Crippen MR) is 122 cm³/mol. The molecule has 2 heterocycles. The lowest BCUT2D eigenvalue weighted by Crippen LogP contribution is -2.24. The molecule has 6 heteroatoms. The van der Waals surface area contributed by atoms with Crippen LogP contribution in [0, 0.1) is 5.92 Å². The molecule has 0 radical (unpaired) electrons. The van der Waals surface area contributed by atoms with Gasteiger partial charge in [0.05, 0.1) is 0 Å². The molecule has 1 aliphatic rings. The summed E-state index contributed by atoms with van der Waals surface area (Å²) in [5, 5.41) is 2.93. The van der Waals surface area contributed by atoms with Gasteiger partial charge in [0.25, 0.3) is 5.91 Å². The van der Waals surface area contributed by atoms with Gasteiger partial charge in [0.2, 0.25) is 5.89 Å². The molecular weight excluding hydrogens is 402 g/mol. The first-order valence-electron chi connectivity index (χ1n) is 11.5. The highest BCUT2D eigenvalue weighted by atomic mass is 16.3. The highest BCUT2D eigenvalue weighted by molar-refractivity contribution is 6.08. The number of hydrogen-bond acceptors (Lipinski definition) is 5. The van der Waals surface area contributed by atoms with Crippen LogP contribution < -0.4 is 5.32 Å². The fourth-order valence-corrected chi connectivity index (χ4v) is 4.26. The second-order valence-electron chi connectivity index (χ2n) is 8.44. The van der Waals surface area contributed by atoms with Crippen molar-refractivity contribution in [2.24, 2.45) is 5.92 Å². The molecule has 3 aromatic rings. The average molecular weight is 432 g/mol. The third-order valence-corrected chi connectivity index (χ3v) is 6.10. The van der Waals surface area contributed by atoms with Gasteiger partial charge in [-0.3, -0.25) is 14.6 Å². The molecule has 0 saturated heterocycles. The van der Waals surface area contributed by atoms with Crippen LogP contribution in [0.4, 0.5) is 0 Å². The molecule has 1 aromatic carbocycles. The number of aromatic nitrogens is 2. The van der Waals surface area contributed by atoms with Crippen LogP contribution in [0.2, 0.25) is 0 Å². The first-order chi connectivity index (χ1) is 15.7. The minimum absolute atomic E-state index is 0.0967. The number of hydrogen-bond donors (Lipinski definition) is 1. The van der Waals surface area contributed by atoms with E-state index in [1.165, 1.54) is 44.8 Å². The highest BCUT2D eigenvalue weighted by Gasteiger charge is 2.15. The van der Waals surface area contributed by atoms with Crippen molar-refractivity contribution < 1.29 is 14.0 Å². The molecule has 32 heavy (non-hydrogen) atoms. The normalized spacial score (nSPS) is 14.2. The van der Waals surface area contributed by atoms with Crippen molar-refractivity contribution in [3.8, 4) is 11.5 Å². The van der Waals surface area contributed by atoms with E-state index in [0.717, 1.165) is 18.8 Å². The van der Waals surface area contributed by atoms with Crippen molar-refractivity contribution in [2.75, 3.05) is 6.54 Å². The number of amides is 1. The van der Waals surface area contributed by atoms with Gasteiger partial charge in [-0.2, -0.15) is 0 Å². The monoisotopic (exact) mass is 431 g/mol. The molecule has 0 unspecified atom stereocenters. The molecule has 1 saturated carbocycles. The van der Waals surface area contributed by atoms with Gasteiger partial charge in [-0.1, -0.05) is 57.1 Å². The molecular formula is C26H29N3O3. The number of ketones is 1. The molecule has 6 nitrogen and oxygen atoms in total. The van der Waals surface area contributed by atoms with E-state index in [9.17, 15) is 9.59 Å². The van der Waals surface area contributed by atoms with Gasteiger partial charge in [0.1, 0.15) is 6.26 Å². The predicted octanol–water partition coefficient (Wildman–Crippen LogP) is 5.45. The van der Waals surface area contributed by atoms with E-state index >= 15 is 0 Å². The number of oxazole rings is 1. The highest BCUT2D eigenvalue weighted by Crippen LogP contribution is 2.27. The maximum Gasteiger partial charge on any atom is 0.273 e. The topological polar surface area (TPSA) is 85.1 Å². The molecule has 0 aliphatic heterocycles. The van der Waals surface area contributed by atoms with E-state index in [1.807, 2.05) is 0 Å². The van der Waals surface area contributed by atoms with Crippen molar-refractivity contribution in [3.63, 3.8) is 0 Å². The zero-order valence-corrected chi connectivity index (χ0v) is 18.3. The summed E-state index contributed by atoms with van der Waals surface area (Å²) in [5.74, 6) is 0.915. The number of carbonyl (C=O) groups excluding carboxylic acids is 2. The van der Waals surface area contributed by atoms with Crippen LogP contribution in [0.25, 0.3) is 11.5 Å². The minimum atomic E-state index is -0.221. The summed E-state index contributed by atoms with van der Waals surface area (Å²) in [6, 6.07) is 10.4. The van der Waals surface area contributed by atoms with E-state index in [0.29, 0.717) is 29.1 Å². The SMILES string of the molecule is O=C(c1ccc(-c2nc(C(=O)NCCCCC3CCCCC3)co2)cc1)c1cccnc1. The third-order valence-electron chi connectivity index (χ3n) is 6.10. The Morgan fingerprint density at radius 3 is 2.56 bits per heavy atom. The van der Waals surface area contributed by atoms with Crippen molar-refractivity contribution in [1.29, 1.82) is 0 Å². The average Bonchev–Trinajstić information content (AvgIpc) is 3.35. The van der Waals surface area contributed by atoms with Crippen molar-refractivity contribution in [1.82, 2.24) is 15.3 Å². The van der Waals surface area contributed by atoms with Crippen molar-refractivity contribution in [2.45, 2.75) is 51.4 Å². The van der Waals surface area contributed by atoms with Crippen LogP contribution in [0.3, 0.4) is 0 Å². The van der Waals surface area contributed by atoms with E-state index in [4.69, 9.17) is 4.42 Å². The number of pyridine rings is 1. The maximum absolute atomic E-state index is 12.5. The number of rotatable bonds is 9. The first-order valence-corrected chi connectivity index (χ1v) is 11.5. The van der Waals surface area contributed by atoms with E-state index in [-0.39, 0.29) is 17.4 Å². The Balaban J connectivity index is 1.26. The summed E-state index contributed by atoms with van der Waals surface area (Å²) in [7, 11) is 0. The Kier molecular flexibility index (Phi) is 7.43. The van der Waals surface area contributed by atoms with Gasteiger partial charge < -0.3 is 9.73 Å². The molecule has 4 rings (SSSR count). The summed E-state index contributed by atoms with van der Waals surface area (Å²) >= 11 is 0. The first kappa shape index (κ1) is 21.9. The lowest BCUT2D eigenvalue weighted by atomic mass is 9.86. The van der Waals surface area contributed by atoms with E-state index in [2.05, 4.69) is 15.3 Å². The molecule has 166 valence electrons. The fourth-order valence-electron chi connectivity index (χ4n) is 4.26. The van der Waals surface area contributed by atoms with Crippen LogP contribution in [0.1, 0.15) is 77.8 Å². The third kappa shape index (κ3) is 5.69. The number of nitrogens with zero attached hydrogens (tertiary/aromatic N) is 2. The molecule has 1 N–H and O–H groups in total.